The van der Waals surface area contributed by atoms with Gasteiger partial charge in [0.25, 0.3) is 0 Å². The second-order valence-corrected chi connectivity index (χ2v) is 3.31. The number of aliphatic carboxylic acids is 1. The minimum atomic E-state index is -0.856. The van der Waals surface area contributed by atoms with Crippen LogP contribution in [0.4, 0.5) is 0 Å². The number of fused-ring (bicyclic) bond motifs is 1. The summed E-state index contributed by atoms with van der Waals surface area (Å²) >= 11 is 0. The number of aryl methyl sites for hydroxylation is 2. The predicted octanol–water partition coefficient (Wildman–Crippen LogP) is 0.608. The molecule has 0 bridgehead atoms. The first-order valence-corrected chi connectivity index (χ1v) is 4.30. The number of imidazole rings is 1. The van der Waals surface area contributed by atoms with Gasteiger partial charge in [0.05, 0.1) is 18.3 Å². The topological polar surface area (TPSA) is 59.5 Å². The Hall–Kier alpha value is -1.78. The van der Waals surface area contributed by atoms with Gasteiger partial charge in [-0.2, -0.15) is 0 Å². The van der Waals surface area contributed by atoms with E-state index in [0.717, 1.165) is 11.3 Å². The Labute approximate surface area is 80.6 Å². The lowest BCUT2D eigenvalue weighted by molar-refractivity contribution is -0.136. The van der Waals surface area contributed by atoms with Crippen LogP contribution < -0.4 is 0 Å². The van der Waals surface area contributed by atoms with Crippen LogP contribution in [0.2, 0.25) is 0 Å². The van der Waals surface area contributed by atoms with E-state index in [-0.39, 0.29) is 6.42 Å². The Morgan fingerprint density at radius 3 is 2.93 bits per heavy atom. The van der Waals surface area contributed by atoms with Gasteiger partial charge >= 0.3 is 5.97 Å². The van der Waals surface area contributed by atoms with Gasteiger partial charge in [0.15, 0.2) is 5.65 Å². The van der Waals surface area contributed by atoms with Crippen molar-refractivity contribution in [2.45, 2.75) is 13.3 Å². The van der Waals surface area contributed by atoms with Crippen molar-refractivity contribution in [2.75, 3.05) is 0 Å². The van der Waals surface area contributed by atoms with Crippen LogP contribution in [0.1, 0.15) is 11.4 Å². The Kier molecular flexibility index (Phi) is 1.80. The van der Waals surface area contributed by atoms with E-state index in [1.807, 2.05) is 29.2 Å². The molecule has 2 rings (SSSR count). The summed E-state index contributed by atoms with van der Waals surface area (Å²) in [5.74, 6) is -0.856. The molecule has 5 nitrogen and oxygen atoms in total. The zero-order chi connectivity index (χ0) is 10.3. The molecule has 0 radical (unpaired) electrons. The van der Waals surface area contributed by atoms with Crippen LogP contribution in [0.5, 0.6) is 0 Å². The molecule has 74 valence electrons. The molecule has 2 aromatic heterocycles. The number of hydrogen-bond donors (Lipinski definition) is 1. The van der Waals surface area contributed by atoms with Gasteiger partial charge in [-0.15, -0.1) is 0 Å². The summed E-state index contributed by atoms with van der Waals surface area (Å²) < 4.78 is 3.77. The van der Waals surface area contributed by atoms with Crippen molar-refractivity contribution >= 4 is 11.6 Å². The molecule has 0 spiro atoms. The fourth-order valence-corrected chi connectivity index (χ4v) is 1.46. The first kappa shape index (κ1) is 8.80. The van der Waals surface area contributed by atoms with Crippen LogP contribution in [0.15, 0.2) is 12.3 Å². The van der Waals surface area contributed by atoms with Crippen LogP contribution in [-0.4, -0.2) is 25.3 Å². The maximum atomic E-state index is 10.5. The van der Waals surface area contributed by atoms with Crippen LogP contribution >= 0.6 is 0 Å². The highest BCUT2D eigenvalue weighted by atomic mass is 16.4. The molecule has 0 aliphatic heterocycles. The molecule has 0 fully saturated rings. The number of carbonyl (C=O) groups is 1. The van der Waals surface area contributed by atoms with Crippen molar-refractivity contribution in [1.29, 1.82) is 0 Å². The molecular weight excluding hydrogens is 182 g/mol. The predicted molar refractivity (Wildman–Crippen MR) is 50.2 cm³/mol. The van der Waals surface area contributed by atoms with Crippen molar-refractivity contribution < 1.29 is 9.90 Å². The van der Waals surface area contributed by atoms with E-state index < -0.39 is 5.97 Å². The van der Waals surface area contributed by atoms with Gasteiger partial charge in [0.1, 0.15) is 0 Å². The number of hydrogen-bond acceptors (Lipinski definition) is 2. The van der Waals surface area contributed by atoms with Gasteiger partial charge in [-0.3, -0.25) is 9.48 Å². The minimum Gasteiger partial charge on any atom is -0.481 e. The van der Waals surface area contributed by atoms with Crippen LogP contribution in [-0.2, 0) is 18.3 Å². The smallest absolute Gasteiger partial charge is 0.309 e. The van der Waals surface area contributed by atoms with Crippen molar-refractivity contribution in [1.82, 2.24) is 14.2 Å². The molecule has 2 aromatic rings. The third-order valence-corrected chi connectivity index (χ3v) is 2.27. The molecule has 0 amide bonds. The molecule has 5 heteroatoms. The molecule has 0 aromatic carbocycles. The van der Waals surface area contributed by atoms with E-state index in [1.54, 1.807) is 6.20 Å². The molecule has 14 heavy (non-hydrogen) atoms. The van der Waals surface area contributed by atoms with Gasteiger partial charge < -0.3 is 5.11 Å². The highest BCUT2D eigenvalue weighted by Gasteiger charge is 2.08. The highest BCUT2D eigenvalue weighted by molar-refractivity contribution is 5.69. The molecule has 1 N–H and O–H groups in total. The average Bonchev–Trinajstić information content (AvgIpc) is 2.54. The summed E-state index contributed by atoms with van der Waals surface area (Å²) in [5.41, 5.74) is 2.47. The normalized spacial score (nSPS) is 11.0. The van der Waals surface area contributed by atoms with Gasteiger partial charge in [-0.05, 0) is 6.92 Å². The van der Waals surface area contributed by atoms with Crippen molar-refractivity contribution in [3.05, 3.63) is 23.7 Å². The van der Waals surface area contributed by atoms with Gasteiger partial charge in [0.2, 0.25) is 0 Å². The summed E-state index contributed by atoms with van der Waals surface area (Å²) in [6.45, 7) is 1.98. The van der Waals surface area contributed by atoms with Gasteiger partial charge in [0, 0.05) is 18.8 Å². The zero-order valence-electron chi connectivity index (χ0n) is 8.06. The Bertz CT molecular complexity index is 495. The third kappa shape index (κ3) is 1.26. The van der Waals surface area contributed by atoms with E-state index in [1.165, 1.54) is 0 Å². The van der Waals surface area contributed by atoms with Crippen molar-refractivity contribution in [3.63, 3.8) is 0 Å². The molecule has 0 saturated heterocycles. The number of nitrogens with zero attached hydrogens (tertiary/aromatic N) is 3. The second kappa shape index (κ2) is 2.87. The van der Waals surface area contributed by atoms with E-state index in [0.29, 0.717) is 5.69 Å². The van der Waals surface area contributed by atoms with E-state index in [4.69, 9.17) is 5.11 Å². The lowest BCUT2D eigenvalue weighted by Gasteiger charge is -1.96. The Morgan fingerprint density at radius 2 is 2.36 bits per heavy atom. The third-order valence-electron chi connectivity index (χ3n) is 2.27. The zero-order valence-corrected chi connectivity index (χ0v) is 8.06. The fraction of sp³-hybridized carbons (Fsp3) is 0.333. The monoisotopic (exact) mass is 193 g/mol. The van der Waals surface area contributed by atoms with Gasteiger partial charge in [-0.25, -0.2) is 9.50 Å². The summed E-state index contributed by atoms with van der Waals surface area (Å²) in [5, 5.41) is 8.60. The number of carboxylic acids is 1. The van der Waals surface area contributed by atoms with Gasteiger partial charge in [-0.1, -0.05) is 0 Å². The maximum Gasteiger partial charge on any atom is 0.309 e. The highest BCUT2D eigenvalue weighted by Crippen LogP contribution is 2.09. The number of rotatable bonds is 2. The van der Waals surface area contributed by atoms with E-state index in [9.17, 15) is 4.79 Å². The van der Waals surface area contributed by atoms with E-state index in [2.05, 4.69) is 4.98 Å². The average molecular weight is 193 g/mol. The maximum absolute atomic E-state index is 10.5. The number of aromatic nitrogens is 3. The SMILES string of the molecule is Cc1cc2nc(CC(=O)O)cn2n1C. The quantitative estimate of drug-likeness (QED) is 0.760. The summed E-state index contributed by atoms with van der Waals surface area (Å²) in [4.78, 5) is 14.7. The molecule has 0 aliphatic carbocycles. The summed E-state index contributed by atoms with van der Waals surface area (Å²) in [7, 11) is 1.91. The van der Waals surface area contributed by atoms with E-state index >= 15 is 0 Å². The number of carboxylic acid groups (broad SMARTS) is 1. The first-order chi connectivity index (χ1) is 6.58. The first-order valence-electron chi connectivity index (χ1n) is 4.30. The molecule has 0 atom stereocenters. The lowest BCUT2D eigenvalue weighted by Crippen LogP contribution is -2.01. The summed E-state index contributed by atoms with van der Waals surface area (Å²) in [6, 6.07) is 1.92. The molecule has 0 saturated carbocycles. The Morgan fingerprint density at radius 1 is 1.64 bits per heavy atom. The summed E-state index contributed by atoms with van der Waals surface area (Å²) in [6.07, 6.45) is 1.72. The second-order valence-electron chi connectivity index (χ2n) is 3.31. The van der Waals surface area contributed by atoms with Crippen LogP contribution in [0, 0.1) is 6.92 Å². The standard InChI is InChI=1S/C9H11N3O2/c1-6-3-8-10-7(4-9(13)14)5-12(8)11(6)2/h3,5H,4H2,1-2H3,(H,13,14). The van der Waals surface area contributed by atoms with Crippen LogP contribution in [0.25, 0.3) is 5.65 Å². The van der Waals surface area contributed by atoms with Crippen LogP contribution in [0.3, 0.4) is 0 Å². The largest absolute Gasteiger partial charge is 0.481 e. The molecule has 0 aliphatic rings. The Balaban J connectivity index is 2.48. The molecule has 2 heterocycles. The minimum absolute atomic E-state index is 0.0271. The molecular formula is C9H11N3O2. The lowest BCUT2D eigenvalue weighted by atomic mass is 10.3. The molecule has 0 unspecified atom stereocenters. The van der Waals surface area contributed by atoms with Crippen molar-refractivity contribution in [3.8, 4) is 0 Å². The fourth-order valence-electron chi connectivity index (χ4n) is 1.46. The van der Waals surface area contributed by atoms with Crippen molar-refractivity contribution in [2.24, 2.45) is 7.05 Å².